The van der Waals surface area contributed by atoms with Gasteiger partial charge in [-0.1, -0.05) is 0 Å². The van der Waals surface area contributed by atoms with Crippen molar-refractivity contribution < 1.29 is 4.79 Å². The fraction of sp³-hybridized carbons (Fsp3) is 0.312. The lowest BCUT2D eigenvalue weighted by atomic mass is 10.1. The van der Waals surface area contributed by atoms with Crippen molar-refractivity contribution >= 4 is 17.2 Å². The third kappa shape index (κ3) is 4.14. The molecule has 2 aromatic heterocycles. The van der Waals surface area contributed by atoms with Crippen LogP contribution in [0.3, 0.4) is 0 Å². The van der Waals surface area contributed by atoms with Crippen molar-refractivity contribution in [3.8, 4) is 6.07 Å². The fourth-order valence-electron chi connectivity index (χ4n) is 1.91. The molecule has 0 saturated carbocycles. The molecule has 21 heavy (non-hydrogen) atoms. The number of pyridine rings is 1. The topological polar surface area (TPSA) is 65.8 Å². The molecule has 0 unspecified atom stereocenters. The van der Waals surface area contributed by atoms with Crippen LogP contribution < -0.4 is 5.32 Å². The minimum atomic E-state index is -0.267. The van der Waals surface area contributed by atoms with E-state index in [4.69, 9.17) is 5.26 Å². The van der Waals surface area contributed by atoms with Gasteiger partial charge in [0.2, 0.25) is 0 Å². The van der Waals surface area contributed by atoms with Crippen LogP contribution in [0.2, 0.25) is 0 Å². The number of thiophene rings is 1. The molecule has 0 aromatic carbocycles. The van der Waals surface area contributed by atoms with E-state index in [9.17, 15) is 4.79 Å². The van der Waals surface area contributed by atoms with Crippen LogP contribution in [0.1, 0.15) is 47.3 Å². The van der Waals surface area contributed by atoms with Gasteiger partial charge in [-0.25, -0.2) is 0 Å². The Morgan fingerprint density at radius 3 is 2.86 bits per heavy atom. The Morgan fingerprint density at radius 2 is 2.19 bits per heavy atom. The lowest BCUT2D eigenvalue weighted by molar-refractivity contribution is 0.0923. The van der Waals surface area contributed by atoms with E-state index >= 15 is 0 Å². The highest BCUT2D eigenvalue weighted by molar-refractivity contribution is 7.12. The maximum atomic E-state index is 12.3. The zero-order valence-electron chi connectivity index (χ0n) is 12.3. The number of hydrogen-bond donors (Lipinski definition) is 1. The molecule has 0 fully saturated rings. The molecule has 0 atom stereocenters. The van der Waals surface area contributed by atoms with Gasteiger partial charge in [0, 0.05) is 23.9 Å². The average molecular weight is 299 g/mol. The van der Waals surface area contributed by atoms with E-state index in [2.05, 4.69) is 16.4 Å². The van der Waals surface area contributed by atoms with Crippen LogP contribution in [-0.4, -0.2) is 16.4 Å². The Hall–Kier alpha value is -2.19. The third-order valence-electron chi connectivity index (χ3n) is 2.76. The average Bonchev–Trinajstić information content (AvgIpc) is 2.85. The molecule has 108 valence electrons. The van der Waals surface area contributed by atoms with Gasteiger partial charge in [0.25, 0.3) is 5.91 Å². The van der Waals surface area contributed by atoms with Crippen LogP contribution in [0.25, 0.3) is 0 Å². The molecule has 1 N–H and O–H groups in total. The lowest BCUT2D eigenvalue weighted by Gasteiger charge is -2.20. The number of nitrogens with zero attached hydrogens (tertiary/aromatic N) is 2. The Morgan fingerprint density at radius 1 is 1.43 bits per heavy atom. The quantitative estimate of drug-likeness (QED) is 0.947. The molecule has 4 nitrogen and oxygen atoms in total. The van der Waals surface area contributed by atoms with E-state index in [1.54, 1.807) is 18.3 Å². The van der Waals surface area contributed by atoms with Crippen molar-refractivity contribution in [2.45, 2.75) is 32.7 Å². The molecule has 1 amide bonds. The summed E-state index contributed by atoms with van der Waals surface area (Å²) in [5.74, 6) is -0.0658. The summed E-state index contributed by atoms with van der Waals surface area (Å²) in [6.07, 6.45) is 2.17. The zero-order valence-corrected chi connectivity index (χ0v) is 13.1. The number of nitrogens with one attached hydrogen (secondary N) is 1. The monoisotopic (exact) mass is 299 g/mol. The summed E-state index contributed by atoms with van der Waals surface area (Å²) < 4.78 is 0. The Balaban J connectivity index is 2.21. The van der Waals surface area contributed by atoms with Crippen molar-refractivity contribution in [1.29, 1.82) is 5.26 Å². The van der Waals surface area contributed by atoms with Gasteiger partial charge in [0.05, 0.1) is 16.5 Å². The Labute approximate surface area is 128 Å². The number of hydrogen-bond acceptors (Lipinski definition) is 4. The molecule has 0 saturated heterocycles. The molecule has 0 aliphatic heterocycles. The van der Waals surface area contributed by atoms with Crippen LogP contribution >= 0.6 is 11.3 Å². The van der Waals surface area contributed by atoms with Crippen molar-refractivity contribution in [2.24, 2.45) is 0 Å². The summed E-state index contributed by atoms with van der Waals surface area (Å²) in [7, 11) is 0. The molecule has 0 aliphatic rings. The first-order valence-electron chi connectivity index (χ1n) is 6.63. The number of rotatable bonds is 3. The number of nitriles is 1. The van der Waals surface area contributed by atoms with Crippen LogP contribution in [0.15, 0.2) is 29.8 Å². The maximum absolute atomic E-state index is 12.3. The number of amides is 1. The van der Waals surface area contributed by atoms with Gasteiger partial charge in [-0.3, -0.25) is 9.78 Å². The second-order valence-corrected chi connectivity index (χ2v) is 6.72. The maximum Gasteiger partial charge on any atom is 0.262 e. The van der Waals surface area contributed by atoms with E-state index < -0.39 is 0 Å². The molecule has 2 heterocycles. The highest BCUT2D eigenvalue weighted by Gasteiger charge is 2.19. The van der Waals surface area contributed by atoms with Crippen LogP contribution in [0, 0.1) is 11.3 Å². The van der Waals surface area contributed by atoms with E-state index in [0.29, 0.717) is 16.9 Å². The smallest absolute Gasteiger partial charge is 0.262 e. The summed E-state index contributed by atoms with van der Waals surface area (Å²) in [6.45, 7) is 5.86. The van der Waals surface area contributed by atoms with E-state index in [1.165, 1.54) is 11.3 Å². The van der Waals surface area contributed by atoms with Gasteiger partial charge in [0.15, 0.2) is 0 Å². The van der Waals surface area contributed by atoms with Crippen LogP contribution in [0.4, 0.5) is 0 Å². The van der Waals surface area contributed by atoms with Gasteiger partial charge in [-0.2, -0.15) is 5.26 Å². The highest BCUT2D eigenvalue weighted by atomic mass is 32.1. The Bertz CT molecular complexity index is 692. The zero-order chi connectivity index (χ0) is 15.5. The summed E-state index contributed by atoms with van der Waals surface area (Å²) in [4.78, 5) is 17.2. The summed E-state index contributed by atoms with van der Waals surface area (Å²) >= 11 is 1.42. The molecule has 0 bridgehead atoms. The van der Waals surface area contributed by atoms with Crippen molar-refractivity contribution in [3.63, 3.8) is 0 Å². The first-order valence-corrected chi connectivity index (χ1v) is 7.51. The molecule has 0 radical (unpaired) electrons. The standard InChI is InChI=1S/C16H17N3OS/c1-16(2,3)19-15(20)14-12(5-7-21-14)9-13-8-11(10-17)4-6-18-13/h4-8H,9H2,1-3H3,(H,19,20). The van der Waals surface area contributed by atoms with Crippen molar-refractivity contribution in [1.82, 2.24) is 10.3 Å². The molecular weight excluding hydrogens is 282 g/mol. The van der Waals surface area contributed by atoms with Gasteiger partial charge in [-0.05, 0) is 49.9 Å². The summed E-state index contributed by atoms with van der Waals surface area (Å²) in [6, 6.07) is 7.46. The minimum Gasteiger partial charge on any atom is -0.347 e. The normalized spacial score (nSPS) is 11.0. The second-order valence-electron chi connectivity index (χ2n) is 5.80. The summed E-state index contributed by atoms with van der Waals surface area (Å²) in [5.41, 5.74) is 2.04. The number of carbonyl (C=O) groups excluding carboxylic acids is 1. The highest BCUT2D eigenvalue weighted by Crippen LogP contribution is 2.20. The molecule has 0 aliphatic carbocycles. The van der Waals surface area contributed by atoms with Gasteiger partial charge >= 0.3 is 0 Å². The second kappa shape index (κ2) is 6.06. The van der Waals surface area contributed by atoms with E-state index in [0.717, 1.165) is 11.3 Å². The third-order valence-corrected chi connectivity index (χ3v) is 3.71. The first-order chi connectivity index (χ1) is 9.89. The largest absolute Gasteiger partial charge is 0.347 e. The molecule has 2 aromatic rings. The molecular formula is C16H17N3OS. The van der Waals surface area contributed by atoms with E-state index in [1.807, 2.05) is 32.2 Å². The minimum absolute atomic E-state index is 0.0658. The number of carbonyl (C=O) groups is 1. The van der Waals surface area contributed by atoms with Crippen molar-refractivity contribution in [2.75, 3.05) is 0 Å². The van der Waals surface area contributed by atoms with Gasteiger partial charge < -0.3 is 5.32 Å². The van der Waals surface area contributed by atoms with Crippen LogP contribution in [0.5, 0.6) is 0 Å². The number of aromatic nitrogens is 1. The van der Waals surface area contributed by atoms with Crippen molar-refractivity contribution in [3.05, 3.63) is 51.5 Å². The summed E-state index contributed by atoms with van der Waals surface area (Å²) in [5, 5.41) is 13.8. The van der Waals surface area contributed by atoms with Crippen LogP contribution in [-0.2, 0) is 6.42 Å². The SMILES string of the molecule is CC(C)(C)NC(=O)c1sccc1Cc1cc(C#N)ccn1. The predicted octanol–water partition coefficient (Wildman–Crippen LogP) is 3.13. The first kappa shape index (κ1) is 15.2. The van der Waals surface area contributed by atoms with E-state index in [-0.39, 0.29) is 11.4 Å². The Kier molecular flexibility index (Phi) is 4.39. The van der Waals surface area contributed by atoms with Gasteiger partial charge in [0.1, 0.15) is 0 Å². The molecule has 5 heteroatoms. The predicted molar refractivity (Wildman–Crippen MR) is 83.3 cm³/mol. The molecule has 0 spiro atoms. The van der Waals surface area contributed by atoms with Gasteiger partial charge in [-0.15, -0.1) is 11.3 Å². The fourth-order valence-corrected chi connectivity index (χ4v) is 2.73. The molecule has 2 rings (SSSR count). The lowest BCUT2D eigenvalue weighted by Crippen LogP contribution is -2.40.